The fourth-order valence-corrected chi connectivity index (χ4v) is 4.19. The Morgan fingerprint density at radius 3 is 2.40 bits per heavy atom. The number of amides is 1. The molecule has 5 rings (SSSR count). The van der Waals surface area contributed by atoms with Gasteiger partial charge in [0.15, 0.2) is 23.0 Å². The highest BCUT2D eigenvalue weighted by atomic mass is 16.6. The number of benzene rings is 2. The van der Waals surface area contributed by atoms with Gasteiger partial charge in [-0.2, -0.15) is 0 Å². The van der Waals surface area contributed by atoms with Gasteiger partial charge in [0.25, 0.3) is 0 Å². The van der Waals surface area contributed by atoms with Crippen LogP contribution in [0.25, 0.3) is 6.08 Å². The summed E-state index contributed by atoms with van der Waals surface area (Å²) in [5.74, 6) is 3.04. The van der Waals surface area contributed by atoms with Crippen LogP contribution in [0.2, 0.25) is 0 Å². The maximum Gasteiger partial charge on any atom is 0.247 e. The lowest BCUT2D eigenvalue weighted by molar-refractivity contribution is -0.126. The van der Waals surface area contributed by atoms with Gasteiger partial charge in [-0.05, 0) is 54.3 Å². The number of ether oxygens (including phenoxy) is 4. The van der Waals surface area contributed by atoms with Gasteiger partial charge in [-0.3, -0.25) is 4.79 Å². The average molecular weight is 407 g/mol. The van der Waals surface area contributed by atoms with Crippen LogP contribution in [0.1, 0.15) is 36.4 Å². The Morgan fingerprint density at radius 2 is 1.53 bits per heavy atom. The summed E-state index contributed by atoms with van der Waals surface area (Å²) in [6, 6.07) is 11.8. The molecule has 6 nitrogen and oxygen atoms in total. The highest BCUT2D eigenvalue weighted by Gasteiger charge is 2.29. The molecule has 0 unspecified atom stereocenters. The smallest absolute Gasteiger partial charge is 0.247 e. The molecular weight excluding hydrogens is 382 g/mol. The topological polar surface area (TPSA) is 57.2 Å². The number of hydrogen-bond donors (Lipinski definition) is 0. The van der Waals surface area contributed by atoms with Crippen molar-refractivity contribution in [2.24, 2.45) is 0 Å². The molecule has 6 heteroatoms. The van der Waals surface area contributed by atoms with Gasteiger partial charge >= 0.3 is 0 Å². The Hall–Kier alpha value is -3.15. The number of rotatable bonds is 3. The van der Waals surface area contributed by atoms with Crippen molar-refractivity contribution in [3.05, 3.63) is 53.6 Å². The summed E-state index contributed by atoms with van der Waals surface area (Å²) >= 11 is 0. The molecule has 0 aromatic heterocycles. The van der Waals surface area contributed by atoms with E-state index in [4.69, 9.17) is 18.9 Å². The second kappa shape index (κ2) is 8.30. The standard InChI is InChI=1S/C24H25NO5/c26-24(9-5-17-4-7-20-22(15-17)30-14-13-29-20)25-10-1-3-19(25)18-6-8-21-23(16-18)28-12-2-11-27-21/h4-9,15-16,19H,1-3,10-14H2/b9-5+/t19-/m1/s1. The van der Waals surface area contributed by atoms with Crippen LogP contribution in [-0.2, 0) is 4.79 Å². The summed E-state index contributed by atoms with van der Waals surface area (Å²) in [5, 5.41) is 0. The van der Waals surface area contributed by atoms with Crippen LogP contribution in [-0.4, -0.2) is 43.8 Å². The minimum Gasteiger partial charge on any atom is -0.490 e. The lowest BCUT2D eigenvalue weighted by Crippen LogP contribution is -2.28. The minimum atomic E-state index is 0.0134. The van der Waals surface area contributed by atoms with Gasteiger partial charge in [-0.1, -0.05) is 12.1 Å². The van der Waals surface area contributed by atoms with Crippen molar-refractivity contribution in [2.45, 2.75) is 25.3 Å². The molecule has 1 saturated heterocycles. The van der Waals surface area contributed by atoms with Crippen LogP contribution in [0.15, 0.2) is 42.5 Å². The quantitative estimate of drug-likeness (QED) is 0.720. The van der Waals surface area contributed by atoms with E-state index in [1.165, 1.54) is 0 Å². The molecule has 2 aromatic carbocycles. The first-order chi connectivity index (χ1) is 14.8. The largest absolute Gasteiger partial charge is 0.490 e. The van der Waals surface area contributed by atoms with Crippen LogP contribution in [0.3, 0.4) is 0 Å². The number of nitrogens with zero attached hydrogens (tertiary/aromatic N) is 1. The molecule has 0 bridgehead atoms. The molecule has 156 valence electrons. The zero-order valence-corrected chi connectivity index (χ0v) is 16.8. The van der Waals surface area contributed by atoms with E-state index in [1.807, 2.05) is 47.4 Å². The summed E-state index contributed by atoms with van der Waals surface area (Å²) in [6.07, 6.45) is 6.30. The molecule has 0 aliphatic carbocycles. The van der Waals surface area contributed by atoms with E-state index in [1.54, 1.807) is 6.08 Å². The molecule has 30 heavy (non-hydrogen) atoms. The molecule has 3 aliphatic heterocycles. The van der Waals surface area contributed by atoms with Crippen molar-refractivity contribution in [3.63, 3.8) is 0 Å². The lowest BCUT2D eigenvalue weighted by Gasteiger charge is -2.24. The highest BCUT2D eigenvalue weighted by molar-refractivity contribution is 5.92. The molecule has 3 heterocycles. The summed E-state index contributed by atoms with van der Waals surface area (Å²) in [6.45, 7) is 3.19. The van der Waals surface area contributed by atoms with Gasteiger partial charge < -0.3 is 23.8 Å². The molecule has 1 fully saturated rings. The Morgan fingerprint density at radius 1 is 0.833 bits per heavy atom. The summed E-state index contributed by atoms with van der Waals surface area (Å²) < 4.78 is 22.7. The Balaban J connectivity index is 1.32. The summed E-state index contributed by atoms with van der Waals surface area (Å²) in [4.78, 5) is 14.9. The van der Waals surface area contributed by atoms with Gasteiger partial charge in [0.05, 0.1) is 19.3 Å². The van der Waals surface area contributed by atoms with E-state index in [2.05, 4.69) is 0 Å². The predicted octanol–water partition coefficient (Wildman–Crippen LogP) is 4.00. The second-order valence-corrected chi connectivity index (χ2v) is 7.68. The van der Waals surface area contributed by atoms with E-state index in [-0.39, 0.29) is 11.9 Å². The third kappa shape index (κ3) is 3.82. The van der Waals surface area contributed by atoms with Crippen molar-refractivity contribution in [2.75, 3.05) is 33.0 Å². The molecule has 0 radical (unpaired) electrons. The van der Waals surface area contributed by atoms with Crippen LogP contribution >= 0.6 is 0 Å². The van der Waals surface area contributed by atoms with E-state index in [9.17, 15) is 4.79 Å². The Kier molecular flexibility index (Phi) is 5.22. The zero-order chi connectivity index (χ0) is 20.3. The Bertz CT molecular complexity index is 970. The fraction of sp³-hybridized carbons (Fsp3) is 0.375. The Labute approximate surface area is 176 Å². The number of hydrogen-bond acceptors (Lipinski definition) is 5. The van der Waals surface area contributed by atoms with Crippen LogP contribution in [0.4, 0.5) is 0 Å². The van der Waals surface area contributed by atoms with Crippen molar-refractivity contribution >= 4 is 12.0 Å². The van der Waals surface area contributed by atoms with Crippen LogP contribution in [0, 0.1) is 0 Å². The third-order valence-electron chi connectivity index (χ3n) is 5.68. The maximum atomic E-state index is 13.0. The van der Waals surface area contributed by atoms with E-state index >= 15 is 0 Å². The van der Waals surface area contributed by atoms with Crippen molar-refractivity contribution in [1.82, 2.24) is 4.90 Å². The molecular formula is C24H25NO5. The zero-order valence-electron chi connectivity index (χ0n) is 16.8. The lowest BCUT2D eigenvalue weighted by atomic mass is 10.0. The van der Waals surface area contributed by atoms with E-state index in [0.717, 1.165) is 59.9 Å². The first kappa shape index (κ1) is 18.9. The van der Waals surface area contributed by atoms with Gasteiger partial charge in [0, 0.05) is 19.0 Å². The SMILES string of the molecule is O=C(/C=C/c1ccc2c(c1)OCCO2)N1CCC[C@@H]1c1ccc2c(c1)OCCCO2. The van der Waals surface area contributed by atoms with Crippen molar-refractivity contribution < 1.29 is 23.7 Å². The molecule has 0 saturated carbocycles. The van der Waals surface area contributed by atoms with Gasteiger partial charge in [0.1, 0.15) is 13.2 Å². The van der Waals surface area contributed by atoms with E-state index in [0.29, 0.717) is 26.4 Å². The monoisotopic (exact) mass is 407 g/mol. The van der Waals surface area contributed by atoms with Crippen molar-refractivity contribution in [1.29, 1.82) is 0 Å². The summed E-state index contributed by atoms with van der Waals surface area (Å²) in [7, 11) is 0. The normalized spacial score (nSPS) is 20.3. The molecule has 1 amide bonds. The molecule has 3 aliphatic rings. The first-order valence-electron chi connectivity index (χ1n) is 10.6. The molecule has 0 spiro atoms. The van der Waals surface area contributed by atoms with Gasteiger partial charge in [-0.25, -0.2) is 0 Å². The third-order valence-corrected chi connectivity index (χ3v) is 5.68. The van der Waals surface area contributed by atoms with Crippen LogP contribution in [0.5, 0.6) is 23.0 Å². The number of likely N-dealkylation sites (tertiary alicyclic amines) is 1. The molecule has 2 aromatic rings. The maximum absolute atomic E-state index is 13.0. The highest BCUT2D eigenvalue weighted by Crippen LogP contribution is 2.38. The van der Waals surface area contributed by atoms with Gasteiger partial charge in [-0.15, -0.1) is 0 Å². The summed E-state index contributed by atoms with van der Waals surface area (Å²) in [5.41, 5.74) is 2.01. The molecule has 1 atom stereocenters. The van der Waals surface area contributed by atoms with Crippen molar-refractivity contribution in [3.8, 4) is 23.0 Å². The number of carbonyl (C=O) groups is 1. The number of carbonyl (C=O) groups excluding carboxylic acids is 1. The first-order valence-corrected chi connectivity index (χ1v) is 10.6. The van der Waals surface area contributed by atoms with E-state index < -0.39 is 0 Å². The fourth-order valence-electron chi connectivity index (χ4n) is 4.19. The van der Waals surface area contributed by atoms with Crippen LogP contribution < -0.4 is 18.9 Å². The average Bonchev–Trinajstić information content (AvgIpc) is 3.16. The molecule has 0 N–H and O–H groups in total. The second-order valence-electron chi connectivity index (χ2n) is 7.68. The van der Waals surface area contributed by atoms with Gasteiger partial charge in [0.2, 0.25) is 5.91 Å². The number of fused-ring (bicyclic) bond motifs is 2. The minimum absolute atomic E-state index is 0.0134. The predicted molar refractivity (Wildman–Crippen MR) is 112 cm³/mol.